The smallest absolute Gasteiger partial charge is 0.208 e. The van der Waals surface area contributed by atoms with Gasteiger partial charge in [0.15, 0.2) is 0 Å². The summed E-state index contributed by atoms with van der Waals surface area (Å²) >= 11 is 0. The first-order valence-corrected chi connectivity index (χ1v) is 8.45. The molecule has 2 saturated carbocycles. The fourth-order valence-electron chi connectivity index (χ4n) is 2.48. The lowest BCUT2D eigenvalue weighted by atomic mass is 9.91. The Bertz CT molecular complexity index is 253. The van der Waals surface area contributed by atoms with Gasteiger partial charge in [-0.25, -0.2) is 0 Å². The highest BCUT2D eigenvalue weighted by Gasteiger charge is 2.37. The number of piperazine rings is 1. The fraction of sp³-hybridized carbons (Fsp3) is 0.938. The number of amides is 1. The van der Waals surface area contributed by atoms with Gasteiger partial charge >= 0.3 is 0 Å². The highest BCUT2D eigenvalue weighted by atomic mass is 16.1. The first-order chi connectivity index (χ1) is 10.1. The van der Waals surface area contributed by atoms with Crippen molar-refractivity contribution in [1.29, 1.82) is 0 Å². The number of carbonyl (C=O) groups is 1. The van der Waals surface area contributed by atoms with Gasteiger partial charge in [0.25, 0.3) is 0 Å². The zero-order chi connectivity index (χ0) is 15.6. The summed E-state index contributed by atoms with van der Waals surface area (Å²) in [5, 5.41) is 5.77. The predicted molar refractivity (Wildman–Crippen MR) is 88.0 cm³/mol. The Kier molecular flexibility index (Phi) is 8.88. The molecule has 0 aromatic heterocycles. The van der Waals surface area contributed by atoms with E-state index in [0.29, 0.717) is 6.41 Å². The number of likely N-dealkylation sites (N-methyl/N-ethyl adjacent to an activating group) is 1. The van der Waals surface area contributed by atoms with Crippen molar-refractivity contribution >= 4 is 6.41 Å². The van der Waals surface area contributed by atoms with Crippen LogP contribution in [0.15, 0.2) is 0 Å². The molecule has 4 N–H and O–H groups in total. The van der Waals surface area contributed by atoms with Crippen LogP contribution in [0.3, 0.4) is 0 Å². The summed E-state index contributed by atoms with van der Waals surface area (Å²) in [6.45, 7) is 7.10. The average Bonchev–Trinajstić information content (AvgIpc) is 3.20. The highest BCUT2D eigenvalue weighted by Crippen LogP contribution is 2.27. The number of nitrogens with zero attached hydrogens (tertiary/aromatic N) is 1. The molecule has 2 aliphatic carbocycles. The van der Waals surface area contributed by atoms with E-state index in [4.69, 9.17) is 5.73 Å². The van der Waals surface area contributed by atoms with Crippen molar-refractivity contribution in [3.8, 4) is 0 Å². The van der Waals surface area contributed by atoms with E-state index in [1.165, 1.54) is 45.2 Å². The molecule has 0 radical (unpaired) electrons. The number of nitrogens with one attached hydrogen (secondary N) is 2. The molecule has 1 amide bonds. The monoisotopic (exact) mass is 298 g/mol. The van der Waals surface area contributed by atoms with Gasteiger partial charge in [0.1, 0.15) is 0 Å². The molecule has 1 saturated heterocycles. The van der Waals surface area contributed by atoms with Gasteiger partial charge in [-0.05, 0) is 25.8 Å². The average molecular weight is 298 g/mol. The third kappa shape index (κ3) is 9.82. The molecular weight excluding hydrogens is 264 g/mol. The lowest BCUT2D eigenvalue weighted by Crippen LogP contribution is -2.40. The van der Waals surface area contributed by atoms with E-state index in [0.717, 1.165) is 31.8 Å². The summed E-state index contributed by atoms with van der Waals surface area (Å²) in [5.41, 5.74) is 5.10. The number of hydrogen-bond donors (Lipinski definition) is 3. The Morgan fingerprint density at radius 2 is 1.76 bits per heavy atom. The van der Waals surface area contributed by atoms with E-state index in [9.17, 15) is 4.79 Å². The molecule has 21 heavy (non-hydrogen) atoms. The van der Waals surface area contributed by atoms with Gasteiger partial charge in [-0.3, -0.25) is 4.79 Å². The van der Waals surface area contributed by atoms with Crippen LogP contribution in [0.2, 0.25) is 0 Å². The summed E-state index contributed by atoms with van der Waals surface area (Å²) in [7, 11) is 2.15. The van der Waals surface area contributed by atoms with Gasteiger partial charge in [0.2, 0.25) is 6.41 Å². The molecular formula is C16H34N4O. The van der Waals surface area contributed by atoms with Crippen LogP contribution in [0.5, 0.6) is 0 Å². The second-order valence-corrected chi connectivity index (χ2v) is 6.71. The van der Waals surface area contributed by atoms with E-state index in [1.54, 1.807) is 0 Å². The minimum absolute atomic E-state index is 0.318. The first-order valence-electron chi connectivity index (χ1n) is 8.45. The molecule has 0 unspecified atom stereocenters. The number of carbonyl (C=O) groups excluding carboxylic acids is 1. The number of rotatable bonds is 2. The summed E-state index contributed by atoms with van der Waals surface area (Å²) in [6, 6.07) is 0. The van der Waals surface area contributed by atoms with Gasteiger partial charge in [-0.1, -0.05) is 39.0 Å². The second kappa shape index (κ2) is 10.1. The normalized spacial score (nSPS) is 24.7. The largest absolute Gasteiger partial charge is 0.341 e. The molecule has 124 valence electrons. The Morgan fingerprint density at radius 3 is 2.00 bits per heavy atom. The highest BCUT2D eigenvalue weighted by molar-refractivity contribution is 5.48. The molecule has 1 heterocycles. The molecule has 3 fully saturated rings. The van der Waals surface area contributed by atoms with Crippen LogP contribution in [0.25, 0.3) is 0 Å². The van der Waals surface area contributed by atoms with Crippen LogP contribution >= 0.6 is 0 Å². The van der Waals surface area contributed by atoms with Crippen LogP contribution in [-0.4, -0.2) is 50.2 Å². The first kappa shape index (κ1) is 18.4. The van der Waals surface area contributed by atoms with E-state index >= 15 is 0 Å². The predicted octanol–water partition coefficient (Wildman–Crippen LogP) is 1.29. The van der Waals surface area contributed by atoms with Gasteiger partial charge < -0.3 is 21.3 Å². The zero-order valence-electron chi connectivity index (χ0n) is 13.9. The van der Waals surface area contributed by atoms with E-state index in [2.05, 4.69) is 29.5 Å². The summed E-state index contributed by atoms with van der Waals surface area (Å²) in [5.74, 6) is 1.04. The molecule has 5 heteroatoms. The van der Waals surface area contributed by atoms with Gasteiger partial charge in [0.05, 0.1) is 5.66 Å². The molecule has 0 bridgehead atoms. The quantitative estimate of drug-likeness (QED) is 0.531. The topological polar surface area (TPSA) is 70.4 Å². The van der Waals surface area contributed by atoms with Crippen molar-refractivity contribution in [2.45, 2.75) is 57.5 Å². The Morgan fingerprint density at radius 1 is 1.19 bits per heavy atom. The lowest BCUT2D eigenvalue weighted by Gasteiger charge is -2.21. The van der Waals surface area contributed by atoms with Gasteiger partial charge in [-0.15, -0.1) is 0 Å². The minimum Gasteiger partial charge on any atom is -0.341 e. The van der Waals surface area contributed by atoms with Crippen molar-refractivity contribution in [2.24, 2.45) is 11.7 Å². The summed E-state index contributed by atoms with van der Waals surface area (Å²) < 4.78 is 0. The zero-order valence-corrected chi connectivity index (χ0v) is 13.9. The van der Waals surface area contributed by atoms with Crippen LogP contribution < -0.4 is 16.4 Å². The minimum atomic E-state index is -0.318. The van der Waals surface area contributed by atoms with E-state index in [-0.39, 0.29) is 5.66 Å². The molecule has 0 atom stereocenters. The van der Waals surface area contributed by atoms with Crippen LogP contribution in [0.1, 0.15) is 51.9 Å². The number of hydrogen-bond acceptors (Lipinski definition) is 4. The maximum Gasteiger partial charge on any atom is 0.208 e. The molecule has 0 aromatic rings. The number of nitrogens with two attached hydrogens (primary N) is 1. The maximum atomic E-state index is 9.67. The maximum absolute atomic E-state index is 9.67. The lowest BCUT2D eigenvalue weighted by molar-refractivity contribution is -0.110. The molecule has 1 aliphatic heterocycles. The summed E-state index contributed by atoms with van der Waals surface area (Å²) in [6.07, 6.45) is 9.93. The molecule has 0 aromatic carbocycles. The Labute approximate surface area is 130 Å². The van der Waals surface area contributed by atoms with Crippen LogP contribution in [0.4, 0.5) is 0 Å². The van der Waals surface area contributed by atoms with Crippen molar-refractivity contribution < 1.29 is 4.79 Å². The fourth-order valence-corrected chi connectivity index (χ4v) is 2.48. The molecule has 5 nitrogen and oxygen atoms in total. The van der Waals surface area contributed by atoms with Crippen molar-refractivity contribution in [1.82, 2.24) is 15.5 Å². The van der Waals surface area contributed by atoms with Crippen LogP contribution in [0, 0.1) is 5.92 Å². The van der Waals surface area contributed by atoms with Crippen LogP contribution in [-0.2, 0) is 4.79 Å². The van der Waals surface area contributed by atoms with Crippen molar-refractivity contribution in [2.75, 3.05) is 33.2 Å². The van der Waals surface area contributed by atoms with Crippen molar-refractivity contribution in [3.63, 3.8) is 0 Å². The second-order valence-electron chi connectivity index (χ2n) is 6.71. The SMILES string of the molecule is CC1CCCCC1.CN1CCNCC1.NC1(NC=O)CC1. The van der Waals surface area contributed by atoms with Gasteiger partial charge in [-0.2, -0.15) is 0 Å². The molecule has 0 spiro atoms. The third-order valence-electron chi connectivity index (χ3n) is 4.37. The van der Waals surface area contributed by atoms with E-state index in [1.807, 2.05) is 0 Å². The molecule has 3 rings (SSSR count). The Hall–Kier alpha value is -0.650. The van der Waals surface area contributed by atoms with E-state index < -0.39 is 0 Å². The molecule has 3 aliphatic rings. The Balaban J connectivity index is 0.000000157. The van der Waals surface area contributed by atoms with Gasteiger partial charge in [0, 0.05) is 26.2 Å². The van der Waals surface area contributed by atoms with Crippen molar-refractivity contribution in [3.05, 3.63) is 0 Å². The standard InChI is InChI=1S/C7H14.C5H12N2.C4H8N2O/c1-7-5-3-2-4-6-7;1-7-4-2-6-3-5-7;5-4(1-2-4)6-3-7/h7H,2-6H2,1H3;6H,2-5H2,1H3;3H,1-2,5H2,(H,6,7). The third-order valence-corrected chi connectivity index (χ3v) is 4.37. The summed E-state index contributed by atoms with van der Waals surface area (Å²) in [4.78, 5) is 12.0.